The summed E-state index contributed by atoms with van der Waals surface area (Å²) in [6, 6.07) is 16.1. The molecule has 1 heterocycles. The van der Waals surface area contributed by atoms with E-state index in [2.05, 4.69) is 41.1 Å². The predicted molar refractivity (Wildman–Crippen MR) is 117 cm³/mol. The number of aryl methyl sites for hydroxylation is 1. The summed E-state index contributed by atoms with van der Waals surface area (Å²) in [5, 5.41) is 12.1. The van der Waals surface area contributed by atoms with E-state index < -0.39 is 0 Å². The lowest BCUT2D eigenvalue weighted by molar-refractivity contribution is -0.117. The van der Waals surface area contributed by atoms with Crippen LogP contribution in [0.2, 0.25) is 0 Å². The Morgan fingerprint density at radius 3 is 2.34 bits per heavy atom. The zero-order valence-corrected chi connectivity index (χ0v) is 17.6. The molecule has 1 aliphatic rings. The SMILES string of the molecule is Cc1cccc(C(C)C)c1NC(=O)CN1CCN(Cc2ccc(C#N)cc2)CC1. The maximum Gasteiger partial charge on any atom is 0.238 e. The van der Waals surface area contributed by atoms with E-state index in [1.54, 1.807) is 0 Å². The number of hydrogen-bond acceptors (Lipinski definition) is 4. The van der Waals surface area contributed by atoms with Gasteiger partial charge in [0.05, 0.1) is 18.2 Å². The van der Waals surface area contributed by atoms with Crippen LogP contribution in [0.25, 0.3) is 0 Å². The number of rotatable bonds is 6. The largest absolute Gasteiger partial charge is 0.324 e. The fourth-order valence-electron chi connectivity index (χ4n) is 3.77. The summed E-state index contributed by atoms with van der Waals surface area (Å²) in [6.45, 7) is 11.3. The minimum absolute atomic E-state index is 0.0572. The fourth-order valence-corrected chi connectivity index (χ4v) is 3.77. The number of amides is 1. The third-order valence-corrected chi connectivity index (χ3v) is 5.51. The fraction of sp³-hybridized carbons (Fsp3) is 0.417. The molecule has 3 rings (SSSR count). The molecule has 2 aromatic carbocycles. The minimum Gasteiger partial charge on any atom is -0.324 e. The lowest BCUT2D eigenvalue weighted by Gasteiger charge is -2.34. The van der Waals surface area contributed by atoms with Gasteiger partial charge in [0.2, 0.25) is 5.91 Å². The number of nitriles is 1. The smallest absolute Gasteiger partial charge is 0.238 e. The number of piperazine rings is 1. The standard InChI is InChI=1S/C24H30N4O/c1-18(2)22-6-4-5-19(3)24(22)26-23(29)17-28-13-11-27(12-14-28)16-21-9-7-20(15-25)8-10-21/h4-10,18H,11-14,16-17H2,1-3H3,(H,26,29). The van der Waals surface area contributed by atoms with E-state index in [9.17, 15) is 4.79 Å². The Kier molecular flexibility index (Phi) is 7.03. The third kappa shape index (κ3) is 5.66. The van der Waals surface area contributed by atoms with Gasteiger partial charge < -0.3 is 5.32 Å². The number of carbonyl (C=O) groups is 1. The summed E-state index contributed by atoms with van der Waals surface area (Å²) < 4.78 is 0. The number of benzene rings is 2. The predicted octanol–water partition coefficient (Wildman–Crippen LogP) is 3.75. The van der Waals surface area contributed by atoms with Crippen LogP contribution in [0.4, 0.5) is 5.69 Å². The van der Waals surface area contributed by atoms with E-state index in [4.69, 9.17) is 5.26 Å². The van der Waals surface area contributed by atoms with Crippen molar-refractivity contribution in [3.05, 3.63) is 64.7 Å². The second-order valence-corrected chi connectivity index (χ2v) is 8.10. The first kappa shape index (κ1) is 21.0. The number of carbonyl (C=O) groups excluding carboxylic acids is 1. The Morgan fingerprint density at radius 1 is 1.07 bits per heavy atom. The monoisotopic (exact) mass is 390 g/mol. The summed E-state index contributed by atoms with van der Waals surface area (Å²) in [7, 11) is 0. The molecular formula is C24H30N4O. The number of anilines is 1. The average Bonchev–Trinajstić information content (AvgIpc) is 2.71. The van der Waals surface area contributed by atoms with E-state index in [1.165, 1.54) is 11.1 Å². The van der Waals surface area contributed by atoms with E-state index in [0.717, 1.165) is 44.0 Å². The van der Waals surface area contributed by atoms with Crippen molar-refractivity contribution in [1.29, 1.82) is 5.26 Å². The van der Waals surface area contributed by atoms with Crippen molar-refractivity contribution in [2.75, 3.05) is 38.0 Å². The van der Waals surface area contributed by atoms with Gasteiger partial charge in [-0.15, -0.1) is 0 Å². The molecule has 2 aromatic rings. The highest BCUT2D eigenvalue weighted by Crippen LogP contribution is 2.27. The molecule has 5 heteroatoms. The molecule has 0 atom stereocenters. The van der Waals surface area contributed by atoms with Crippen molar-refractivity contribution in [3.63, 3.8) is 0 Å². The van der Waals surface area contributed by atoms with Crippen LogP contribution in [-0.2, 0) is 11.3 Å². The zero-order chi connectivity index (χ0) is 20.8. The zero-order valence-electron chi connectivity index (χ0n) is 17.6. The second-order valence-electron chi connectivity index (χ2n) is 8.10. The number of nitrogens with one attached hydrogen (secondary N) is 1. The summed E-state index contributed by atoms with van der Waals surface area (Å²) >= 11 is 0. The molecule has 1 amide bonds. The van der Waals surface area contributed by atoms with Gasteiger partial charge in [0.1, 0.15) is 0 Å². The Balaban J connectivity index is 1.49. The van der Waals surface area contributed by atoms with Crippen LogP contribution >= 0.6 is 0 Å². The van der Waals surface area contributed by atoms with Crippen LogP contribution in [0, 0.1) is 18.3 Å². The third-order valence-electron chi connectivity index (χ3n) is 5.51. The molecule has 0 radical (unpaired) electrons. The van der Waals surface area contributed by atoms with Crippen molar-refractivity contribution < 1.29 is 4.79 Å². The van der Waals surface area contributed by atoms with Crippen molar-refractivity contribution in [3.8, 4) is 6.07 Å². The van der Waals surface area contributed by atoms with Gasteiger partial charge >= 0.3 is 0 Å². The van der Waals surface area contributed by atoms with Crippen LogP contribution < -0.4 is 5.32 Å². The quantitative estimate of drug-likeness (QED) is 0.816. The van der Waals surface area contributed by atoms with Gasteiger partial charge in [-0.05, 0) is 41.7 Å². The molecule has 5 nitrogen and oxygen atoms in total. The van der Waals surface area contributed by atoms with Crippen LogP contribution in [0.15, 0.2) is 42.5 Å². The normalized spacial score (nSPS) is 15.3. The summed E-state index contributed by atoms with van der Waals surface area (Å²) in [4.78, 5) is 17.3. The van der Waals surface area contributed by atoms with Crippen molar-refractivity contribution >= 4 is 11.6 Å². The maximum absolute atomic E-state index is 12.6. The van der Waals surface area contributed by atoms with Gasteiger partial charge in [-0.1, -0.05) is 44.2 Å². The highest BCUT2D eigenvalue weighted by molar-refractivity contribution is 5.93. The first-order valence-corrected chi connectivity index (χ1v) is 10.3. The van der Waals surface area contributed by atoms with Crippen LogP contribution in [-0.4, -0.2) is 48.4 Å². The molecule has 29 heavy (non-hydrogen) atoms. The average molecular weight is 391 g/mol. The molecule has 0 aliphatic carbocycles. The number of nitrogens with zero attached hydrogens (tertiary/aromatic N) is 3. The van der Waals surface area contributed by atoms with Gasteiger partial charge in [-0.25, -0.2) is 0 Å². The first-order valence-electron chi connectivity index (χ1n) is 10.3. The van der Waals surface area contributed by atoms with E-state index in [1.807, 2.05) is 43.3 Å². The molecular weight excluding hydrogens is 360 g/mol. The van der Waals surface area contributed by atoms with Gasteiger partial charge in [-0.3, -0.25) is 14.6 Å². The van der Waals surface area contributed by atoms with Crippen molar-refractivity contribution in [2.45, 2.75) is 33.2 Å². The van der Waals surface area contributed by atoms with Crippen LogP contribution in [0.3, 0.4) is 0 Å². The number of para-hydroxylation sites is 1. The molecule has 0 aromatic heterocycles. The second kappa shape index (κ2) is 9.69. The lowest BCUT2D eigenvalue weighted by atomic mass is 9.98. The molecule has 0 unspecified atom stereocenters. The Morgan fingerprint density at radius 2 is 1.72 bits per heavy atom. The van der Waals surface area contributed by atoms with Gasteiger partial charge in [0.25, 0.3) is 0 Å². The number of hydrogen-bond donors (Lipinski definition) is 1. The lowest BCUT2D eigenvalue weighted by Crippen LogP contribution is -2.48. The van der Waals surface area contributed by atoms with Gasteiger partial charge in [-0.2, -0.15) is 5.26 Å². The van der Waals surface area contributed by atoms with E-state index in [-0.39, 0.29) is 5.91 Å². The molecule has 1 fully saturated rings. The first-order chi connectivity index (χ1) is 14.0. The van der Waals surface area contributed by atoms with E-state index >= 15 is 0 Å². The summed E-state index contributed by atoms with van der Waals surface area (Å²) in [5.41, 5.74) is 5.17. The van der Waals surface area contributed by atoms with E-state index in [0.29, 0.717) is 18.0 Å². The Labute approximate surface area is 173 Å². The van der Waals surface area contributed by atoms with Gasteiger partial charge in [0.15, 0.2) is 0 Å². The highest BCUT2D eigenvalue weighted by atomic mass is 16.2. The van der Waals surface area contributed by atoms with Crippen molar-refractivity contribution in [1.82, 2.24) is 9.80 Å². The van der Waals surface area contributed by atoms with Gasteiger partial charge in [0, 0.05) is 38.4 Å². The highest BCUT2D eigenvalue weighted by Gasteiger charge is 2.20. The molecule has 0 bridgehead atoms. The topological polar surface area (TPSA) is 59.4 Å². The Hall–Kier alpha value is -2.68. The Bertz CT molecular complexity index is 875. The van der Waals surface area contributed by atoms with Crippen molar-refractivity contribution in [2.24, 2.45) is 0 Å². The maximum atomic E-state index is 12.6. The molecule has 152 valence electrons. The molecule has 1 aliphatic heterocycles. The molecule has 1 N–H and O–H groups in total. The summed E-state index contributed by atoms with van der Waals surface area (Å²) in [6.07, 6.45) is 0. The van der Waals surface area contributed by atoms with Crippen LogP contribution in [0.5, 0.6) is 0 Å². The van der Waals surface area contributed by atoms with Crippen LogP contribution in [0.1, 0.15) is 42.0 Å². The molecule has 0 spiro atoms. The summed E-state index contributed by atoms with van der Waals surface area (Å²) in [5.74, 6) is 0.428. The molecule has 0 saturated carbocycles. The molecule has 1 saturated heterocycles. The minimum atomic E-state index is 0.0572.